The number of hydrogen-bond donors (Lipinski definition) is 10. The van der Waals surface area contributed by atoms with Gasteiger partial charge in [-0.25, -0.2) is 0 Å². The molecule has 1 aliphatic heterocycles. The molecule has 15 nitrogen and oxygen atoms in total. The fourth-order valence-electron chi connectivity index (χ4n) is 2.19. The third kappa shape index (κ3) is 20.4. The van der Waals surface area contributed by atoms with Crippen LogP contribution in [0.15, 0.2) is 30.3 Å². The first-order valence-corrected chi connectivity index (χ1v) is 10.6. The van der Waals surface area contributed by atoms with E-state index in [1.54, 1.807) is 11.9 Å². The molecule has 0 saturated carbocycles. The van der Waals surface area contributed by atoms with E-state index < -0.39 is 24.0 Å². The zero-order valence-electron chi connectivity index (χ0n) is 20.4. The highest BCUT2D eigenvalue weighted by atomic mass is 16.4. The van der Waals surface area contributed by atoms with E-state index >= 15 is 0 Å². The topological polar surface area (TPSA) is 288 Å². The summed E-state index contributed by atoms with van der Waals surface area (Å²) in [5.41, 5.74) is 21.0. The van der Waals surface area contributed by atoms with Crippen LogP contribution in [0.4, 0.5) is 0 Å². The molecule has 14 N–H and O–H groups in total. The molecule has 36 heavy (non-hydrogen) atoms. The molecule has 0 bridgehead atoms. The highest BCUT2D eigenvalue weighted by Crippen LogP contribution is 2.01. The number of likely N-dealkylation sites (N-methyl/N-ethyl adjacent to an activating group) is 1. The maximum Gasteiger partial charge on any atom is 0.320 e. The van der Waals surface area contributed by atoms with Gasteiger partial charge in [-0.3, -0.25) is 35.3 Å². The number of primary amides is 1. The van der Waals surface area contributed by atoms with Gasteiger partial charge in [0.1, 0.15) is 12.1 Å². The number of rotatable bonds is 8. The number of carbonyl (C=O) groups excluding carboxylic acids is 2. The molecule has 0 spiro atoms. The molecule has 202 valence electrons. The molecular formula is C21H37N9O6. The Morgan fingerprint density at radius 3 is 1.94 bits per heavy atom. The number of aliphatic carboxylic acids is 2. The Labute approximate surface area is 209 Å². The van der Waals surface area contributed by atoms with Crippen LogP contribution in [0.25, 0.3) is 0 Å². The monoisotopic (exact) mass is 511 g/mol. The van der Waals surface area contributed by atoms with Crippen LogP contribution in [0, 0.1) is 10.8 Å². The molecule has 2 amide bonds. The number of carbonyl (C=O) groups is 4. The summed E-state index contributed by atoms with van der Waals surface area (Å²) >= 11 is 0. The van der Waals surface area contributed by atoms with Gasteiger partial charge >= 0.3 is 11.9 Å². The Morgan fingerprint density at radius 1 is 1.11 bits per heavy atom. The first-order chi connectivity index (χ1) is 16.7. The van der Waals surface area contributed by atoms with Crippen molar-refractivity contribution >= 4 is 35.7 Å². The number of carboxylic acids is 2. The van der Waals surface area contributed by atoms with Gasteiger partial charge in [0.2, 0.25) is 11.8 Å². The maximum atomic E-state index is 10.4. The molecule has 2 unspecified atom stereocenters. The van der Waals surface area contributed by atoms with Crippen LogP contribution in [-0.4, -0.2) is 83.0 Å². The van der Waals surface area contributed by atoms with Crippen molar-refractivity contribution in [2.45, 2.75) is 38.3 Å². The van der Waals surface area contributed by atoms with Gasteiger partial charge in [0.25, 0.3) is 0 Å². The van der Waals surface area contributed by atoms with Crippen molar-refractivity contribution in [2.75, 3.05) is 20.1 Å². The van der Waals surface area contributed by atoms with E-state index in [9.17, 15) is 19.2 Å². The summed E-state index contributed by atoms with van der Waals surface area (Å²) in [6.07, 6.45) is 1.36. The molecule has 1 aromatic rings. The highest BCUT2D eigenvalue weighted by molar-refractivity contribution is 6.02. The van der Waals surface area contributed by atoms with E-state index in [0.29, 0.717) is 32.4 Å². The van der Waals surface area contributed by atoms with Gasteiger partial charge in [0.05, 0.1) is 6.54 Å². The molecule has 0 aromatic heterocycles. The zero-order valence-corrected chi connectivity index (χ0v) is 20.4. The van der Waals surface area contributed by atoms with E-state index in [4.69, 9.17) is 38.2 Å². The highest BCUT2D eigenvalue weighted by Gasteiger charge is 2.18. The summed E-state index contributed by atoms with van der Waals surface area (Å²) in [5, 5.41) is 35.5. The lowest BCUT2D eigenvalue weighted by molar-refractivity contribution is -0.139. The van der Waals surface area contributed by atoms with Crippen LogP contribution < -0.4 is 33.6 Å². The van der Waals surface area contributed by atoms with Crippen LogP contribution in [0.1, 0.15) is 25.3 Å². The van der Waals surface area contributed by atoms with Crippen LogP contribution in [-0.2, 0) is 25.6 Å². The van der Waals surface area contributed by atoms with Crippen LogP contribution in [0.5, 0.6) is 0 Å². The summed E-state index contributed by atoms with van der Waals surface area (Å²) in [5.74, 6) is -2.32. The zero-order chi connectivity index (χ0) is 28.3. The van der Waals surface area contributed by atoms with Gasteiger partial charge in [-0.2, -0.15) is 0 Å². The number of nitrogens with one attached hydrogen (secondary N) is 4. The van der Waals surface area contributed by atoms with Crippen molar-refractivity contribution in [1.82, 2.24) is 15.5 Å². The standard InChI is InChI=1S/C9H11NO2.C6H14N4O2.C4H7N3O.C2H5NO/c10-8(9(11)12)6-7-4-2-1-3-5-7;7-4(5(11)12)2-1-3-10-6(8)9;1-7-2-3(8)6-4(7)5;1-2(3)4/h1-5,8H,6,10H2,(H,11,12);4H,1-3,7H2,(H,11,12)(H4,8,9,10);2H2,1H3,(H2,5,6,8);1H3,(H2,3,4). The van der Waals surface area contributed by atoms with E-state index in [-0.39, 0.29) is 23.7 Å². The predicted molar refractivity (Wildman–Crippen MR) is 134 cm³/mol. The van der Waals surface area contributed by atoms with E-state index in [1.807, 2.05) is 30.3 Å². The van der Waals surface area contributed by atoms with E-state index in [2.05, 4.69) is 16.4 Å². The van der Waals surface area contributed by atoms with Crippen molar-refractivity contribution in [3.8, 4) is 0 Å². The largest absolute Gasteiger partial charge is 0.480 e. The lowest BCUT2D eigenvalue weighted by Gasteiger charge is -2.06. The molecular weight excluding hydrogens is 474 g/mol. The van der Waals surface area contributed by atoms with Crippen LogP contribution >= 0.6 is 0 Å². The Balaban J connectivity index is 0. The number of benzene rings is 1. The SMILES string of the molecule is CC(N)=O.CN1CC(=O)NC1=N.N=C(N)NCCCC(N)C(=O)O.NC(Cc1ccccc1)C(=O)O. The average Bonchev–Trinajstić information content (AvgIpc) is 3.06. The second-order valence-corrected chi connectivity index (χ2v) is 7.43. The van der Waals surface area contributed by atoms with Crippen molar-refractivity contribution in [3.05, 3.63) is 35.9 Å². The molecule has 2 rings (SSSR count). The van der Waals surface area contributed by atoms with E-state index in [1.165, 1.54) is 6.92 Å². The molecule has 1 fully saturated rings. The predicted octanol–water partition coefficient (Wildman–Crippen LogP) is -2.22. The van der Waals surface area contributed by atoms with Crippen LogP contribution in [0.2, 0.25) is 0 Å². The van der Waals surface area contributed by atoms with Crippen LogP contribution in [0.3, 0.4) is 0 Å². The smallest absolute Gasteiger partial charge is 0.320 e. The molecule has 1 aliphatic rings. The van der Waals surface area contributed by atoms with Gasteiger partial charge in [-0.05, 0) is 24.8 Å². The molecule has 2 atom stereocenters. The normalized spacial score (nSPS) is 13.2. The van der Waals surface area contributed by atoms with E-state index in [0.717, 1.165) is 5.56 Å². The summed E-state index contributed by atoms with van der Waals surface area (Å²) in [6.45, 7) is 2.11. The second kappa shape index (κ2) is 19.1. The summed E-state index contributed by atoms with van der Waals surface area (Å²) < 4.78 is 0. The Kier molecular flexibility index (Phi) is 18.0. The van der Waals surface area contributed by atoms with Crippen molar-refractivity contribution in [2.24, 2.45) is 22.9 Å². The third-order valence-electron chi connectivity index (χ3n) is 3.96. The van der Waals surface area contributed by atoms with Crippen molar-refractivity contribution in [3.63, 3.8) is 0 Å². The maximum absolute atomic E-state index is 10.4. The Morgan fingerprint density at radius 2 is 1.61 bits per heavy atom. The second-order valence-electron chi connectivity index (χ2n) is 7.43. The Hall–Kier alpha value is -4.24. The lowest BCUT2D eigenvalue weighted by Crippen LogP contribution is -2.34. The molecule has 1 aromatic carbocycles. The number of carboxylic acid groups (broad SMARTS) is 2. The minimum absolute atomic E-state index is 0.0995. The first kappa shape index (κ1) is 33.9. The Bertz CT molecular complexity index is 863. The van der Waals surface area contributed by atoms with Gasteiger partial charge in [-0.15, -0.1) is 0 Å². The quantitative estimate of drug-likeness (QED) is 0.101. The van der Waals surface area contributed by atoms with Gasteiger partial charge in [0.15, 0.2) is 11.9 Å². The molecule has 0 aliphatic carbocycles. The number of nitrogens with two attached hydrogens (primary N) is 4. The molecule has 1 saturated heterocycles. The minimum Gasteiger partial charge on any atom is -0.480 e. The fraction of sp³-hybridized carbons (Fsp3) is 0.429. The number of guanidine groups is 2. The number of hydrogen-bond acceptors (Lipinski definition) is 8. The minimum atomic E-state index is -1.00. The summed E-state index contributed by atoms with van der Waals surface area (Å²) in [7, 11) is 1.69. The fourth-order valence-corrected chi connectivity index (χ4v) is 2.19. The number of amides is 2. The van der Waals surface area contributed by atoms with Gasteiger partial charge < -0.3 is 43.4 Å². The molecule has 0 radical (unpaired) electrons. The average molecular weight is 512 g/mol. The summed E-state index contributed by atoms with van der Waals surface area (Å²) in [6, 6.07) is 7.72. The van der Waals surface area contributed by atoms with Gasteiger partial charge in [0, 0.05) is 20.5 Å². The van der Waals surface area contributed by atoms with Crippen molar-refractivity contribution < 1.29 is 29.4 Å². The molecule has 1 heterocycles. The number of nitrogens with zero attached hydrogens (tertiary/aromatic N) is 1. The summed E-state index contributed by atoms with van der Waals surface area (Å²) in [4.78, 5) is 41.7. The molecule has 15 heteroatoms. The first-order valence-electron chi connectivity index (χ1n) is 10.6. The third-order valence-corrected chi connectivity index (χ3v) is 3.96. The van der Waals surface area contributed by atoms with Crippen molar-refractivity contribution in [1.29, 1.82) is 10.8 Å². The lowest BCUT2D eigenvalue weighted by atomic mass is 10.1. The van der Waals surface area contributed by atoms with Gasteiger partial charge in [-0.1, -0.05) is 30.3 Å².